The smallest absolute Gasteiger partial charge is 0.227 e. The lowest BCUT2D eigenvalue weighted by molar-refractivity contribution is 0.426. The Kier molecular flexibility index (Phi) is 5.10. The van der Waals surface area contributed by atoms with Crippen LogP contribution in [0.15, 0.2) is 17.8 Å². The molecule has 0 aliphatic heterocycles. The van der Waals surface area contributed by atoms with Crippen molar-refractivity contribution in [1.29, 1.82) is 0 Å². The van der Waals surface area contributed by atoms with E-state index in [1.807, 2.05) is 31.7 Å². The van der Waals surface area contributed by atoms with Gasteiger partial charge in [0.15, 0.2) is 0 Å². The van der Waals surface area contributed by atoms with Crippen molar-refractivity contribution < 1.29 is 0 Å². The van der Waals surface area contributed by atoms with Crippen molar-refractivity contribution in [2.24, 2.45) is 0 Å². The first-order valence-corrected chi connectivity index (χ1v) is 9.19. The number of hydrogen-bond acceptors (Lipinski definition) is 6. The van der Waals surface area contributed by atoms with Gasteiger partial charge < -0.3 is 9.80 Å². The molecule has 0 saturated heterocycles. The Balaban J connectivity index is 1.72. The van der Waals surface area contributed by atoms with Crippen LogP contribution in [-0.2, 0) is 6.54 Å². The first-order valence-electron chi connectivity index (χ1n) is 8.31. The minimum Gasteiger partial charge on any atom is -0.357 e. The summed E-state index contributed by atoms with van der Waals surface area (Å²) in [6, 6.07) is 2.63. The molecule has 0 atom stereocenters. The number of nitrogens with zero attached hydrogens (tertiary/aromatic N) is 5. The molecule has 0 aromatic carbocycles. The monoisotopic (exact) mass is 331 g/mol. The van der Waals surface area contributed by atoms with Crippen molar-refractivity contribution in [3.05, 3.63) is 28.3 Å². The summed E-state index contributed by atoms with van der Waals surface area (Å²) in [7, 11) is 4.20. The zero-order chi connectivity index (χ0) is 16.2. The minimum absolute atomic E-state index is 0.612. The molecule has 0 N–H and O–H groups in total. The summed E-state index contributed by atoms with van der Waals surface area (Å²) < 4.78 is 0. The van der Waals surface area contributed by atoms with E-state index in [4.69, 9.17) is 4.98 Å². The van der Waals surface area contributed by atoms with Crippen molar-refractivity contribution in [2.45, 2.75) is 51.6 Å². The Morgan fingerprint density at radius 3 is 2.65 bits per heavy atom. The minimum atomic E-state index is 0.612. The zero-order valence-corrected chi connectivity index (χ0v) is 15.0. The normalized spacial score (nSPS) is 15.6. The fourth-order valence-electron chi connectivity index (χ4n) is 3.14. The predicted octanol–water partition coefficient (Wildman–Crippen LogP) is 3.65. The van der Waals surface area contributed by atoms with E-state index in [0.717, 1.165) is 24.0 Å². The molecule has 0 unspecified atom stereocenters. The Hall–Kier alpha value is -1.69. The average molecular weight is 331 g/mol. The van der Waals surface area contributed by atoms with Crippen molar-refractivity contribution in [3.8, 4) is 0 Å². The number of hydrogen-bond donors (Lipinski definition) is 0. The number of thiazole rings is 1. The van der Waals surface area contributed by atoms with Gasteiger partial charge >= 0.3 is 0 Å². The lowest BCUT2D eigenvalue weighted by atomic mass is 9.94. The van der Waals surface area contributed by atoms with Crippen LogP contribution in [0.3, 0.4) is 0 Å². The average Bonchev–Trinajstić information content (AvgIpc) is 3.00. The van der Waals surface area contributed by atoms with Crippen LogP contribution in [0.1, 0.15) is 42.7 Å². The van der Waals surface area contributed by atoms with Crippen LogP contribution in [0.2, 0.25) is 0 Å². The van der Waals surface area contributed by atoms with Crippen molar-refractivity contribution in [1.82, 2.24) is 15.0 Å². The van der Waals surface area contributed by atoms with Crippen molar-refractivity contribution in [2.75, 3.05) is 23.9 Å². The van der Waals surface area contributed by atoms with Crippen LogP contribution in [0.5, 0.6) is 0 Å². The molecule has 6 heteroatoms. The van der Waals surface area contributed by atoms with E-state index in [1.165, 1.54) is 37.0 Å². The first kappa shape index (κ1) is 16.2. The fraction of sp³-hybridized carbons (Fsp3) is 0.588. The summed E-state index contributed by atoms with van der Waals surface area (Å²) in [5.41, 5.74) is 2.99. The van der Waals surface area contributed by atoms with E-state index >= 15 is 0 Å². The van der Waals surface area contributed by atoms with E-state index in [1.54, 1.807) is 11.3 Å². The molecular weight excluding hydrogens is 306 g/mol. The predicted molar refractivity (Wildman–Crippen MR) is 96.3 cm³/mol. The molecule has 5 nitrogen and oxygen atoms in total. The second kappa shape index (κ2) is 7.25. The second-order valence-corrected chi connectivity index (χ2v) is 7.27. The van der Waals surface area contributed by atoms with Gasteiger partial charge in [-0.25, -0.2) is 9.97 Å². The molecule has 1 fully saturated rings. The molecule has 1 aliphatic carbocycles. The summed E-state index contributed by atoms with van der Waals surface area (Å²) in [5, 5.41) is 0. The standard InChI is InChI=1S/C17H25N5S/c1-13-15(23-12-19-13)11-21(2)17-18-10-9-16(20-17)22(3)14-7-5-4-6-8-14/h9-10,12,14H,4-8,11H2,1-3H3. The summed E-state index contributed by atoms with van der Waals surface area (Å²) in [6.45, 7) is 2.85. The van der Waals surface area contributed by atoms with Gasteiger partial charge in [0, 0.05) is 31.2 Å². The Morgan fingerprint density at radius 1 is 1.17 bits per heavy atom. The highest BCUT2D eigenvalue weighted by molar-refractivity contribution is 7.09. The molecule has 2 heterocycles. The van der Waals surface area contributed by atoms with Crippen LogP contribution in [0.25, 0.3) is 0 Å². The molecule has 0 radical (unpaired) electrons. The third kappa shape index (κ3) is 3.80. The van der Waals surface area contributed by atoms with E-state index < -0.39 is 0 Å². The fourth-order valence-corrected chi connectivity index (χ4v) is 3.97. The first-order chi connectivity index (χ1) is 11.1. The van der Waals surface area contributed by atoms with Crippen molar-refractivity contribution in [3.63, 3.8) is 0 Å². The summed E-state index contributed by atoms with van der Waals surface area (Å²) >= 11 is 1.69. The number of anilines is 2. The summed E-state index contributed by atoms with van der Waals surface area (Å²) in [6.07, 6.45) is 8.44. The van der Waals surface area contributed by atoms with E-state index in [2.05, 4.69) is 26.8 Å². The van der Waals surface area contributed by atoms with E-state index in [0.29, 0.717) is 6.04 Å². The van der Waals surface area contributed by atoms with Crippen LogP contribution >= 0.6 is 11.3 Å². The van der Waals surface area contributed by atoms with Crippen LogP contribution in [-0.4, -0.2) is 35.1 Å². The number of rotatable bonds is 5. The molecule has 1 saturated carbocycles. The highest BCUT2D eigenvalue weighted by Gasteiger charge is 2.20. The Bertz CT molecular complexity index is 635. The number of aryl methyl sites for hydroxylation is 1. The van der Waals surface area contributed by atoms with E-state index in [9.17, 15) is 0 Å². The third-order valence-electron chi connectivity index (χ3n) is 4.68. The third-order valence-corrected chi connectivity index (χ3v) is 5.60. The second-order valence-electron chi connectivity index (χ2n) is 6.33. The lowest BCUT2D eigenvalue weighted by Gasteiger charge is -2.32. The summed E-state index contributed by atoms with van der Waals surface area (Å²) in [4.78, 5) is 19.2. The van der Waals surface area contributed by atoms with Gasteiger partial charge in [-0.2, -0.15) is 4.98 Å². The largest absolute Gasteiger partial charge is 0.357 e. The molecule has 0 bridgehead atoms. The van der Waals surface area contributed by atoms with Gasteiger partial charge in [0.25, 0.3) is 0 Å². The summed E-state index contributed by atoms with van der Waals surface area (Å²) in [5.74, 6) is 1.80. The topological polar surface area (TPSA) is 45.2 Å². The molecule has 3 rings (SSSR count). The van der Waals surface area contributed by atoms with Gasteiger partial charge in [-0.3, -0.25) is 0 Å². The van der Waals surface area contributed by atoms with Crippen molar-refractivity contribution >= 4 is 23.1 Å². The molecule has 0 spiro atoms. The Labute approximate surface area is 142 Å². The van der Waals surface area contributed by atoms with E-state index in [-0.39, 0.29) is 0 Å². The molecule has 124 valence electrons. The maximum absolute atomic E-state index is 4.78. The molecule has 2 aromatic heterocycles. The quantitative estimate of drug-likeness (QED) is 0.837. The van der Waals surface area contributed by atoms with Gasteiger partial charge in [0.2, 0.25) is 5.95 Å². The molecule has 0 amide bonds. The van der Waals surface area contributed by atoms with Crippen LogP contribution in [0.4, 0.5) is 11.8 Å². The lowest BCUT2D eigenvalue weighted by Crippen LogP contribution is -2.34. The van der Waals surface area contributed by atoms with Gasteiger partial charge in [-0.05, 0) is 25.8 Å². The molecular formula is C17H25N5S. The van der Waals surface area contributed by atoms with Crippen LogP contribution in [0, 0.1) is 6.92 Å². The Morgan fingerprint density at radius 2 is 1.96 bits per heavy atom. The highest BCUT2D eigenvalue weighted by atomic mass is 32.1. The van der Waals surface area contributed by atoms with Gasteiger partial charge in [-0.1, -0.05) is 19.3 Å². The maximum Gasteiger partial charge on any atom is 0.227 e. The zero-order valence-electron chi connectivity index (χ0n) is 14.2. The molecule has 23 heavy (non-hydrogen) atoms. The molecule has 1 aliphatic rings. The number of aromatic nitrogens is 3. The highest BCUT2D eigenvalue weighted by Crippen LogP contribution is 2.26. The SMILES string of the molecule is Cc1ncsc1CN(C)c1nccc(N(C)C2CCCCC2)n1. The molecule has 2 aromatic rings. The van der Waals surface area contributed by atoms with Gasteiger partial charge in [0.05, 0.1) is 17.7 Å². The van der Waals surface area contributed by atoms with Gasteiger partial charge in [0.1, 0.15) is 5.82 Å². The van der Waals surface area contributed by atoms with Gasteiger partial charge in [-0.15, -0.1) is 11.3 Å². The maximum atomic E-state index is 4.78. The van der Waals surface area contributed by atoms with Crippen LogP contribution < -0.4 is 9.80 Å².